The minimum absolute atomic E-state index is 0.0682. The SMILES string of the molecule is COc1ccc(COC(=O)N2CCCC23CNC3=O)cc1. The van der Waals surface area contributed by atoms with Crippen LogP contribution in [0, 0.1) is 0 Å². The van der Waals surface area contributed by atoms with Crippen molar-refractivity contribution in [2.45, 2.75) is 25.0 Å². The minimum Gasteiger partial charge on any atom is -0.497 e. The number of carbonyl (C=O) groups excluding carboxylic acids is 2. The third kappa shape index (κ3) is 2.30. The van der Waals surface area contributed by atoms with Gasteiger partial charge in [0.2, 0.25) is 5.91 Å². The van der Waals surface area contributed by atoms with E-state index in [9.17, 15) is 9.59 Å². The first kappa shape index (κ1) is 13.7. The number of hydrogen-bond acceptors (Lipinski definition) is 4. The lowest BCUT2D eigenvalue weighted by Crippen LogP contribution is -2.71. The average Bonchev–Trinajstić information content (AvgIpc) is 2.99. The Hall–Kier alpha value is -2.24. The van der Waals surface area contributed by atoms with Gasteiger partial charge in [0.1, 0.15) is 17.9 Å². The van der Waals surface area contributed by atoms with Crippen molar-refractivity contribution in [3.05, 3.63) is 29.8 Å². The zero-order chi connectivity index (χ0) is 14.9. The molecule has 6 heteroatoms. The number of likely N-dealkylation sites (tertiary alicyclic amines) is 1. The summed E-state index contributed by atoms with van der Waals surface area (Å²) in [5.74, 6) is 0.691. The van der Waals surface area contributed by atoms with Crippen LogP contribution in [0.1, 0.15) is 18.4 Å². The predicted molar refractivity (Wildman–Crippen MR) is 74.9 cm³/mol. The molecule has 1 spiro atoms. The van der Waals surface area contributed by atoms with Crippen LogP contribution >= 0.6 is 0 Å². The first-order valence-corrected chi connectivity index (χ1v) is 7.01. The number of hydrogen-bond donors (Lipinski definition) is 1. The normalized spacial score (nSPS) is 23.7. The van der Waals surface area contributed by atoms with Crippen molar-refractivity contribution in [1.29, 1.82) is 0 Å². The highest BCUT2D eigenvalue weighted by Gasteiger charge is 2.56. The Bertz CT molecular complexity index is 557. The molecule has 0 radical (unpaired) electrons. The molecular weight excluding hydrogens is 272 g/mol. The summed E-state index contributed by atoms with van der Waals surface area (Å²) in [5.41, 5.74) is 0.229. The summed E-state index contributed by atoms with van der Waals surface area (Å²) in [7, 11) is 1.60. The van der Waals surface area contributed by atoms with Crippen LogP contribution in [-0.2, 0) is 16.1 Å². The molecule has 1 N–H and O–H groups in total. The summed E-state index contributed by atoms with van der Waals surface area (Å²) in [6, 6.07) is 7.34. The van der Waals surface area contributed by atoms with Gasteiger partial charge in [-0.05, 0) is 30.5 Å². The summed E-state index contributed by atoms with van der Waals surface area (Å²) >= 11 is 0. The maximum Gasteiger partial charge on any atom is 0.411 e. The monoisotopic (exact) mass is 290 g/mol. The van der Waals surface area contributed by atoms with Crippen LogP contribution in [0.4, 0.5) is 4.79 Å². The lowest BCUT2D eigenvalue weighted by Gasteiger charge is -2.43. The Morgan fingerprint density at radius 2 is 2.14 bits per heavy atom. The number of methoxy groups -OCH3 is 1. The molecule has 112 valence electrons. The molecule has 2 saturated heterocycles. The molecule has 1 aromatic carbocycles. The van der Waals surface area contributed by atoms with Gasteiger partial charge in [-0.25, -0.2) is 4.79 Å². The molecule has 2 fully saturated rings. The number of benzene rings is 1. The molecule has 1 aromatic rings. The van der Waals surface area contributed by atoms with E-state index in [0.717, 1.165) is 24.2 Å². The fourth-order valence-electron chi connectivity index (χ4n) is 2.87. The minimum atomic E-state index is -0.656. The number of nitrogens with one attached hydrogen (secondary N) is 1. The second kappa shape index (κ2) is 5.27. The quantitative estimate of drug-likeness (QED) is 0.852. The van der Waals surface area contributed by atoms with Crippen molar-refractivity contribution in [3.63, 3.8) is 0 Å². The van der Waals surface area contributed by atoms with Crippen LogP contribution in [0.3, 0.4) is 0 Å². The van der Waals surface area contributed by atoms with E-state index < -0.39 is 11.6 Å². The molecule has 2 heterocycles. The van der Waals surface area contributed by atoms with Crippen LogP contribution < -0.4 is 10.1 Å². The number of rotatable bonds is 3. The maximum atomic E-state index is 12.2. The van der Waals surface area contributed by atoms with Crippen molar-refractivity contribution in [2.75, 3.05) is 20.2 Å². The van der Waals surface area contributed by atoms with E-state index in [1.54, 1.807) is 12.0 Å². The molecule has 3 rings (SSSR count). The van der Waals surface area contributed by atoms with Crippen LogP contribution in [0.15, 0.2) is 24.3 Å². The highest BCUT2D eigenvalue weighted by atomic mass is 16.6. The highest BCUT2D eigenvalue weighted by Crippen LogP contribution is 2.34. The molecule has 0 aliphatic carbocycles. The number of nitrogens with zero attached hydrogens (tertiary/aromatic N) is 1. The van der Waals surface area contributed by atoms with Crippen molar-refractivity contribution < 1.29 is 19.1 Å². The van der Waals surface area contributed by atoms with Crippen LogP contribution in [0.2, 0.25) is 0 Å². The zero-order valence-corrected chi connectivity index (χ0v) is 11.9. The predicted octanol–water partition coefficient (Wildman–Crippen LogP) is 1.30. The standard InChI is InChI=1S/C15H18N2O4/c1-20-12-5-3-11(4-6-12)9-21-14(19)17-8-2-7-15(17)10-16-13(15)18/h3-6H,2,7-10H2,1H3,(H,16,18). The summed E-state index contributed by atoms with van der Waals surface area (Å²) < 4.78 is 10.4. The largest absolute Gasteiger partial charge is 0.497 e. The van der Waals surface area contributed by atoms with Gasteiger partial charge < -0.3 is 14.8 Å². The van der Waals surface area contributed by atoms with Gasteiger partial charge in [0.05, 0.1) is 13.7 Å². The summed E-state index contributed by atoms with van der Waals surface area (Å²) in [4.78, 5) is 25.5. The molecule has 2 aliphatic heterocycles. The third-order valence-corrected chi connectivity index (χ3v) is 4.19. The Morgan fingerprint density at radius 3 is 2.71 bits per heavy atom. The van der Waals surface area contributed by atoms with E-state index in [1.165, 1.54) is 0 Å². The molecule has 0 saturated carbocycles. The molecule has 0 aromatic heterocycles. The van der Waals surface area contributed by atoms with Gasteiger partial charge in [-0.1, -0.05) is 12.1 Å². The summed E-state index contributed by atoms with van der Waals surface area (Å²) in [6.07, 6.45) is 1.14. The van der Waals surface area contributed by atoms with E-state index in [0.29, 0.717) is 13.1 Å². The molecular formula is C15H18N2O4. The number of amides is 2. The Kier molecular flexibility index (Phi) is 3.45. The maximum absolute atomic E-state index is 12.2. The van der Waals surface area contributed by atoms with Crippen molar-refractivity contribution in [2.24, 2.45) is 0 Å². The molecule has 0 bridgehead atoms. The number of carbonyl (C=O) groups is 2. The smallest absolute Gasteiger partial charge is 0.411 e. The topological polar surface area (TPSA) is 67.9 Å². The summed E-state index contributed by atoms with van der Waals surface area (Å²) in [6.45, 7) is 1.30. The Balaban J connectivity index is 1.60. The average molecular weight is 290 g/mol. The van der Waals surface area contributed by atoms with Crippen molar-refractivity contribution in [3.8, 4) is 5.75 Å². The van der Waals surface area contributed by atoms with Gasteiger partial charge in [0, 0.05) is 6.54 Å². The van der Waals surface area contributed by atoms with Crippen LogP contribution in [0.5, 0.6) is 5.75 Å². The molecule has 1 unspecified atom stereocenters. The van der Waals surface area contributed by atoms with E-state index in [4.69, 9.17) is 9.47 Å². The van der Waals surface area contributed by atoms with E-state index in [1.807, 2.05) is 24.3 Å². The van der Waals surface area contributed by atoms with Crippen LogP contribution in [-0.4, -0.2) is 42.6 Å². The first-order chi connectivity index (χ1) is 10.2. The Morgan fingerprint density at radius 1 is 1.38 bits per heavy atom. The summed E-state index contributed by atoms with van der Waals surface area (Å²) in [5, 5.41) is 2.71. The third-order valence-electron chi connectivity index (χ3n) is 4.19. The fourth-order valence-corrected chi connectivity index (χ4v) is 2.87. The molecule has 6 nitrogen and oxygen atoms in total. The van der Waals surface area contributed by atoms with E-state index >= 15 is 0 Å². The van der Waals surface area contributed by atoms with Crippen molar-refractivity contribution in [1.82, 2.24) is 10.2 Å². The molecule has 1 atom stereocenters. The van der Waals surface area contributed by atoms with Crippen LogP contribution in [0.25, 0.3) is 0 Å². The van der Waals surface area contributed by atoms with Gasteiger partial charge in [-0.2, -0.15) is 0 Å². The fraction of sp³-hybridized carbons (Fsp3) is 0.467. The van der Waals surface area contributed by atoms with Gasteiger partial charge in [0.15, 0.2) is 0 Å². The first-order valence-electron chi connectivity index (χ1n) is 7.01. The lowest BCUT2D eigenvalue weighted by atomic mass is 9.88. The van der Waals surface area contributed by atoms with Gasteiger partial charge in [-0.15, -0.1) is 0 Å². The number of ether oxygens (including phenoxy) is 2. The van der Waals surface area contributed by atoms with Gasteiger partial charge >= 0.3 is 6.09 Å². The lowest BCUT2D eigenvalue weighted by molar-refractivity contribution is -0.140. The molecule has 2 aliphatic rings. The van der Waals surface area contributed by atoms with Gasteiger partial charge in [0.25, 0.3) is 0 Å². The highest BCUT2D eigenvalue weighted by molar-refractivity contribution is 5.96. The van der Waals surface area contributed by atoms with Gasteiger partial charge in [-0.3, -0.25) is 9.69 Å². The molecule has 2 amide bonds. The van der Waals surface area contributed by atoms with Crippen molar-refractivity contribution >= 4 is 12.0 Å². The Labute approximate surface area is 123 Å². The van der Waals surface area contributed by atoms with E-state index in [-0.39, 0.29) is 12.5 Å². The zero-order valence-electron chi connectivity index (χ0n) is 11.9. The second-order valence-corrected chi connectivity index (χ2v) is 5.37. The number of β-lactam (4-membered cyclic amide) rings is 1. The molecule has 21 heavy (non-hydrogen) atoms. The van der Waals surface area contributed by atoms with E-state index in [2.05, 4.69) is 5.32 Å². The second-order valence-electron chi connectivity index (χ2n) is 5.37.